The molecule has 0 amide bonds. The van der Waals surface area contributed by atoms with Crippen molar-refractivity contribution >= 4 is 11.3 Å². The Hall–Kier alpha value is -3.15. The predicted octanol–water partition coefficient (Wildman–Crippen LogP) is 6.62. The van der Waals surface area contributed by atoms with Crippen molar-refractivity contribution in [2.75, 3.05) is 32.2 Å². The maximum atomic E-state index is 15.5. The molecule has 2 aliphatic rings. The van der Waals surface area contributed by atoms with E-state index in [1.54, 1.807) is 20.3 Å². The molecule has 3 aromatic carbocycles. The highest BCUT2D eigenvalue weighted by atomic mass is 19.1. The SMILES string of the molecule is [2H]C1(C(OC)OC)CCN(c2ccc(C3=CCCc4cc(OCc5ccccc5)ccc43)c(F)c2)CC1. The van der Waals surface area contributed by atoms with Crippen LogP contribution < -0.4 is 9.64 Å². The number of fused-ring (bicyclic) bond motifs is 1. The average molecular weight is 489 g/mol. The maximum Gasteiger partial charge on any atom is 0.159 e. The highest BCUT2D eigenvalue weighted by Gasteiger charge is 2.27. The standard InChI is InChI=1S/C31H34FNO3/c1-34-31(35-2)23-15-17-33(18-16-23)25-11-13-29(30(32)20-25)28-10-6-9-24-19-26(12-14-27(24)28)36-21-22-7-4-3-5-8-22/h3-5,7-8,10-14,19-20,23,31H,6,9,15-18,21H2,1-2H3/i23D. The minimum Gasteiger partial charge on any atom is -0.489 e. The highest BCUT2D eigenvalue weighted by Crippen LogP contribution is 2.36. The number of benzene rings is 3. The Kier molecular flexibility index (Phi) is 7.29. The minimum absolute atomic E-state index is 0.227. The highest BCUT2D eigenvalue weighted by molar-refractivity contribution is 5.83. The number of aryl methyl sites for hydroxylation is 1. The number of hydrogen-bond acceptors (Lipinski definition) is 4. The predicted molar refractivity (Wildman–Crippen MR) is 142 cm³/mol. The van der Waals surface area contributed by atoms with Gasteiger partial charge in [0.2, 0.25) is 0 Å². The van der Waals surface area contributed by atoms with E-state index < -0.39 is 12.2 Å². The summed E-state index contributed by atoms with van der Waals surface area (Å²) in [6, 6.07) is 21.7. The quantitative estimate of drug-likeness (QED) is 0.334. The molecule has 1 aliphatic heterocycles. The first-order valence-corrected chi connectivity index (χ1v) is 12.6. The van der Waals surface area contributed by atoms with E-state index >= 15 is 4.39 Å². The number of anilines is 1. The topological polar surface area (TPSA) is 30.9 Å². The molecule has 4 nitrogen and oxygen atoms in total. The van der Waals surface area contributed by atoms with Gasteiger partial charge in [-0.1, -0.05) is 42.5 Å². The normalized spacial score (nSPS) is 17.4. The second-order valence-corrected chi connectivity index (χ2v) is 9.36. The number of piperidine rings is 1. The Bertz CT molecular complexity index is 1250. The molecule has 36 heavy (non-hydrogen) atoms. The molecule has 3 aromatic rings. The zero-order valence-corrected chi connectivity index (χ0v) is 21.0. The summed E-state index contributed by atoms with van der Waals surface area (Å²) in [6.45, 7) is 1.83. The number of rotatable bonds is 8. The van der Waals surface area contributed by atoms with Crippen LogP contribution in [0, 0.1) is 11.7 Å². The number of methoxy groups -OCH3 is 2. The van der Waals surface area contributed by atoms with Gasteiger partial charge in [-0.3, -0.25) is 0 Å². The fourth-order valence-electron chi connectivity index (χ4n) is 5.24. The minimum atomic E-state index is -0.793. The fourth-order valence-corrected chi connectivity index (χ4v) is 5.24. The summed E-state index contributed by atoms with van der Waals surface area (Å²) in [7, 11) is 3.14. The fraction of sp³-hybridized carbons (Fsp3) is 0.355. The summed E-state index contributed by atoms with van der Waals surface area (Å²) in [5.74, 6) is -0.187. The van der Waals surface area contributed by atoms with Crippen LogP contribution >= 0.6 is 0 Å². The molecular formula is C31H34FNO3. The van der Waals surface area contributed by atoms with E-state index in [1.807, 2.05) is 36.4 Å². The third-order valence-electron chi connectivity index (χ3n) is 7.15. The smallest absolute Gasteiger partial charge is 0.159 e. The van der Waals surface area contributed by atoms with E-state index in [0.717, 1.165) is 41.0 Å². The molecule has 0 N–H and O–H groups in total. The second kappa shape index (κ2) is 11.3. The van der Waals surface area contributed by atoms with Gasteiger partial charge in [0.1, 0.15) is 18.2 Å². The molecule has 0 spiro atoms. The van der Waals surface area contributed by atoms with Gasteiger partial charge in [-0.15, -0.1) is 0 Å². The Morgan fingerprint density at radius 1 is 0.972 bits per heavy atom. The molecule has 5 rings (SSSR count). The van der Waals surface area contributed by atoms with Gasteiger partial charge >= 0.3 is 0 Å². The largest absolute Gasteiger partial charge is 0.489 e. The molecule has 188 valence electrons. The molecule has 0 bridgehead atoms. The van der Waals surface area contributed by atoms with E-state index in [-0.39, 0.29) is 5.82 Å². The van der Waals surface area contributed by atoms with Crippen molar-refractivity contribution in [2.45, 2.75) is 38.6 Å². The number of hydrogen-bond donors (Lipinski definition) is 0. The molecule has 0 radical (unpaired) electrons. The van der Waals surface area contributed by atoms with Gasteiger partial charge in [-0.25, -0.2) is 4.39 Å². The van der Waals surface area contributed by atoms with Gasteiger partial charge < -0.3 is 19.1 Å². The number of nitrogens with zero attached hydrogens (tertiary/aromatic N) is 1. The van der Waals surface area contributed by atoms with Gasteiger partial charge in [0.15, 0.2) is 6.29 Å². The van der Waals surface area contributed by atoms with Crippen LogP contribution in [0.15, 0.2) is 72.8 Å². The Morgan fingerprint density at radius 3 is 2.44 bits per heavy atom. The van der Waals surface area contributed by atoms with E-state index in [2.05, 4.69) is 35.2 Å². The second-order valence-electron chi connectivity index (χ2n) is 9.36. The summed E-state index contributed by atoms with van der Waals surface area (Å²) in [5, 5.41) is 0. The van der Waals surface area contributed by atoms with E-state index in [1.165, 1.54) is 5.56 Å². The summed E-state index contributed by atoms with van der Waals surface area (Å²) >= 11 is 0. The first-order valence-electron chi connectivity index (χ1n) is 13.1. The van der Waals surface area contributed by atoms with Crippen LogP contribution in [-0.2, 0) is 22.5 Å². The van der Waals surface area contributed by atoms with Crippen molar-refractivity contribution in [3.8, 4) is 5.75 Å². The van der Waals surface area contributed by atoms with Crippen LogP contribution in [0.1, 0.15) is 42.9 Å². The van der Waals surface area contributed by atoms with Crippen LogP contribution in [0.2, 0.25) is 0 Å². The lowest BCUT2D eigenvalue weighted by Crippen LogP contribution is -2.39. The van der Waals surface area contributed by atoms with E-state index in [0.29, 0.717) is 38.1 Å². The zero-order valence-electron chi connectivity index (χ0n) is 22.0. The molecule has 1 aliphatic carbocycles. The molecular weight excluding hydrogens is 453 g/mol. The van der Waals surface area contributed by atoms with Crippen molar-refractivity contribution in [2.24, 2.45) is 5.89 Å². The monoisotopic (exact) mass is 488 g/mol. The van der Waals surface area contributed by atoms with E-state index in [9.17, 15) is 0 Å². The molecule has 0 atom stereocenters. The number of ether oxygens (including phenoxy) is 3. The molecule has 1 saturated heterocycles. The lowest BCUT2D eigenvalue weighted by molar-refractivity contribution is -0.141. The first kappa shape index (κ1) is 23.3. The van der Waals surface area contributed by atoms with Crippen molar-refractivity contribution < 1.29 is 20.0 Å². The lowest BCUT2D eigenvalue weighted by atomic mass is 9.86. The summed E-state index contributed by atoms with van der Waals surface area (Å²) in [5.41, 5.74) is 5.77. The number of allylic oxidation sites excluding steroid dienone is 1. The van der Waals surface area contributed by atoms with Crippen LogP contribution in [0.25, 0.3) is 5.57 Å². The maximum absolute atomic E-state index is 15.5. The average Bonchev–Trinajstić information content (AvgIpc) is 2.93. The molecule has 1 fully saturated rings. The van der Waals surface area contributed by atoms with Crippen molar-refractivity contribution in [3.63, 3.8) is 0 Å². The van der Waals surface area contributed by atoms with Crippen LogP contribution in [0.4, 0.5) is 10.1 Å². The van der Waals surface area contributed by atoms with Gasteiger partial charge in [-0.05, 0) is 78.3 Å². The Morgan fingerprint density at radius 2 is 1.72 bits per heavy atom. The van der Waals surface area contributed by atoms with Gasteiger partial charge in [0, 0.05) is 45.8 Å². The van der Waals surface area contributed by atoms with Gasteiger partial charge in [-0.2, -0.15) is 0 Å². The molecule has 5 heteroatoms. The molecule has 1 heterocycles. The van der Waals surface area contributed by atoms with Gasteiger partial charge in [0.05, 0.1) is 0 Å². The molecule has 0 aromatic heterocycles. The Labute approximate surface area is 214 Å². The molecule has 0 saturated carbocycles. The summed E-state index contributed by atoms with van der Waals surface area (Å²) < 4.78 is 40.9. The van der Waals surface area contributed by atoms with Crippen LogP contribution in [0.3, 0.4) is 0 Å². The number of halogens is 1. The van der Waals surface area contributed by atoms with Crippen molar-refractivity contribution in [1.82, 2.24) is 0 Å². The summed E-state index contributed by atoms with van der Waals surface area (Å²) in [4.78, 5) is 2.14. The van der Waals surface area contributed by atoms with Crippen molar-refractivity contribution in [3.05, 3.63) is 101 Å². The summed E-state index contributed by atoms with van der Waals surface area (Å²) in [6.07, 6.45) is 4.54. The van der Waals surface area contributed by atoms with Gasteiger partial charge in [0.25, 0.3) is 0 Å². The van der Waals surface area contributed by atoms with Crippen LogP contribution in [0.5, 0.6) is 5.75 Å². The van der Waals surface area contributed by atoms with Crippen LogP contribution in [-0.4, -0.2) is 33.6 Å². The molecule has 0 unspecified atom stereocenters. The third-order valence-corrected chi connectivity index (χ3v) is 7.15. The third kappa shape index (κ3) is 5.32. The van der Waals surface area contributed by atoms with E-state index in [4.69, 9.17) is 15.6 Å². The lowest BCUT2D eigenvalue weighted by Gasteiger charge is -2.36. The first-order chi connectivity index (χ1) is 18.0. The Balaban J connectivity index is 1.29. The zero-order chi connectivity index (χ0) is 25.8. The van der Waals surface area contributed by atoms with Crippen molar-refractivity contribution in [1.29, 1.82) is 0 Å².